The molecule has 1 aliphatic heterocycles. The molecule has 2 unspecified atom stereocenters. The van der Waals surface area contributed by atoms with Crippen molar-refractivity contribution in [1.29, 1.82) is 0 Å². The highest BCUT2D eigenvalue weighted by Gasteiger charge is 2.35. The van der Waals surface area contributed by atoms with E-state index >= 15 is 0 Å². The average molecular weight is 278 g/mol. The van der Waals surface area contributed by atoms with Crippen LogP contribution in [-0.2, 0) is 10.2 Å². The molecule has 5 nitrogen and oxygen atoms in total. The Labute approximate surface area is 111 Å². The summed E-state index contributed by atoms with van der Waals surface area (Å²) in [6, 6.07) is 0.0295. The van der Waals surface area contributed by atoms with E-state index in [1.165, 1.54) is 4.31 Å². The molecule has 18 heavy (non-hydrogen) atoms. The van der Waals surface area contributed by atoms with Gasteiger partial charge in [0.25, 0.3) is 10.2 Å². The maximum atomic E-state index is 12.4. The predicted molar refractivity (Wildman–Crippen MR) is 72.4 cm³/mol. The highest BCUT2D eigenvalue weighted by molar-refractivity contribution is 7.86. The smallest absolute Gasteiger partial charge is 0.281 e. The van der Waals surface area contributed by atoms with E-state index in [0.717, 1.165) is 25.7 Å². The standard InChI is InChI=1S/C12H26N2O3S/c1-4-5-8-13(3)18(16,17)14-9-12(10-15)7-6-11(14)2/h11-12,15H,4-10H2,1-3H3. The van der Waals surface area contributed by atoms with Crippen LogP contribution >= 0.6 is 0 Å². The second-order valence-corrected chi connectivity index (χ2v) is 7.22. The maximum absolute atomic E-state index is 12.4. The van der Waals surface area contributed by atoms with Gasteiger partial charge in [0.2, 0.25) is 0 Å². The lowest BCUT2D eigenvalue weighted by Gasteiger charge is -2.38. The zero-order valence-corrected chi connectivity index (χ0v) is 12.5. The van der Waals surface area contributed by atoms with E-state index in [9.17, 15) is 13.5 Å². The Kier molecular flexibility index (Phi) is 6.04. The molecular weight excluding hydrogens is 252 g/mol. The molecule has 1 saturated heterocycles. The van der Waals surface area contributed by atoms with Crippen molar-refractivity contribution in [3.05, 3.63) is 0 Å². The van der Waals surface area contributed by atoms with Crippen molar-refractivity contribution in [2.75, 3.05) is 26.7 Å². The van der Waals surface area contributed by atoms with E-state index in [1.807, 2.05) is 13.8 Å². The zero-order chi connectivity index (χ0) is 13.8. The van der Waals surface area contributed by atoms with Crippen LogP contribution in [0.3, 0.4) is 0 Å². The van der Waals surface area contributed by atoms with Gasteiger partial charge in [-0.25, -0.2) is 0 Å². The highest BCUT2D eigenvalue weighted by atomic mass is 32.2. The highest BCUT2D eigenvalue weighted by Crippen LogP contribution is 2.25. The summed E-state index contributed by atoms with van der Waals surface area (Å²) in [4.78, 5) is 0. The van der Waals surface area contributed by atoms with E-state index in [1.54, 1.807) is 11.4 Å². The first-order valence-electron chi connectivity index (χ1n) is 6.77. The van der Waals surface area contributed by atoms with E-state index < -0.39 is 10.2 Å². The van der Waals surface area contributed by atoms with Gasteiger partial charge in [-0.3, -0.25) is 0 Å². The molecule has 0 radical (unpaired) electrons. The van der Waals surface area contributed by atoms with Gasteiger partial charge in [-0.2, -0.15) is 17.0 Å². The Bertz CT molecular complexity index is 345. The average Bonchev–Trinajstić information content (AvgIpc) is 2.36. The van der Waals surface area contributed by atoms with Crippen LogP contribution in [0.15, 0.2) is 0 Å². The fourth-order valence-electron chi connectivity index (χ4n) is 2.29. The Morgan fingerprint density at radius 1 is 1.39 bits per heavy atom. The number of unbranched alkanes of at least 4 members (excludes halogenated alkanes) is 1. The Hall–Kier alpha value is -0.170. The molecule has 1 N–H and O–H groups in total. The Morgan fingerprint density at radius 3 is 2.61 bits per heavy atom. The van der Waals surface area contributed by atoms with Crippen LogP contribution in [0.1, 0.15) is 39.5 Å². The van der Waals surface area contributed by atoms with Crippen molar-refractivity contribution in [1.82, 2.24) is 8.61 Å². The molecule has 0 aliphatic carbocycles. The fourth-order valence-corrected chi connectivity index (χ4v) is 3.97. The van der Waals surface area contributed by atoms with Gasteiger partial charge < -0.3 is 5.11 Å². The lowest BCUT2D eigenvalue weighted by atomic mass is 9.96. The van der Waals surface area contributed by atoms with Gasteiger partial charge in [0.05, 0.1) is 0 Å². The number of hydrogen-bond donors (Lipinski definition) is 1. The summed E-state index contributed by atoms with van der Waals surface area (Å²) in [5.41, 5.74) is 0. The normalized spacial score (nSPS) is 26.7. The molecule has 0 aromatic heterocycles. The quantitative estimate of drug-likeness (QED) is 0.790. The Morgan fingerprint density at radius 2 is 2.06 bits per heavy atom. The minimum Gasteiger partial charge on any atom is -0.396 e. The van der Waals surface area contributed by atoms with Crippen LogP contribution < -0.4 is 0 Å². The van der Waals surface area contributed by atoms with E-state index in [2.05, 4.69) is 0 Å². The first kappa shape index (κ1) is 15.9. The van der Waals surface area contributed by atoms with E-state index in [4.69, 9.17) is 0 Å². The molecule has 1 fully saturated rings. The lowest BCUT2D eigenvalue weighted by molar-refractivity contribution is 0.134. The van der Waals surface area contributed by atoms with Gasteiger partial charge in [-0.1, -0.05) is 13.3 Å². The van der Waals surface area contributed by atoms with Crippen LogP contribution in [0.4, 0.5) is 0 Å². The third-order valence-electron chi connectivity index (χ3n) is 3.70. The molecule has 1 heterocycles. The summed E-state index contributed by atoms with van der Waals surface area (Å²) in [7, 11) is -1.73. The van der Waals surface area contributed by atoms with Gasteiger partial charge >= 0.3 is 0 Å². The van der Waals surface area contributed by atoms with Crippen molar-refractivity contribution in [2.45, 2.75) is 45.6 Å². The van der Waals surface area contributed by atoms with Crippen LogP contribution in [0.2, 0.25) is 0 Å². The van der Waals surface area contributed by atoms with Crippen LogP contribution in [0.25, 0.3) is 0 Å². The van der Waals surface area contributed by atoms with Crippen molar-refractivity contribution >= 4 is 10.2 Å². The number of aliphatic hydroxyl groups excluding tert-OH is 1. The molecule has 2 atom stereocenters. The number of hydrogen-bond acceptors (Lipinski definition) is 3. The molecule has 108 valence electrons. The fraction of sp³-hybridized carbons (Fsp3) is 1.00. The number of aliphatic hydroxyl groups is 1. The van der Waals surface area contributed by atoms with Crippen LogP contribution in [0.5, 0.6) is 0 Å². The first-order chi connectivity index (χ1) is 8.43. The summed E-state index contributed by atoms with van der Waals surface area (Å²) in [6.45, 7) is 5.06. The summed E-state index contributed by atoms with van der Waals surface area (Å²) in [5.74, 6) is 0.0792. The van der Waals surface area contributed by atoms with Gasteiger partial charge in [0.1, 0.15) is 0 Å². The van der Waals surface area contributed by atoms with Gasteiger partial charge in [-0.05, 0) is 32.1 Å². The number of piperidine rings is 1. The third kappa shape index (κ3) is 3.66. The zero-order valence-electron chi connectivity index (χ0n) is 11.7. The van der Waals surface area contributed by atoms with Crippen LogP contribution in [0, 0.1) is 5.92 Å². The second kappa shape index (κ2) is 6.84. The largest absolute Gasteiger partial charge is 0.396 e. The molecule has 0 saturated carbocycles. The maximum Gasteiger partial charge on any atom is 0.281 e. The molecule has 0 aromatic rings. The molecule has 0 amide bonds. The third-order valence-corrected chi connectivity index (χ3v) is 5.77. The number of rotatable bonds is 6. The van der Waals surface area contributed by atoms with Gasteiger partial charge in [0.15, 0.2) is 0 Å². The molecule has 0 aromatic carbocycles. The molecule has 0 bridgehead atoms. The number of nitrogens with zero attached hydrogens (tertiary/aromatic N) is 2. The van der Waals surface area contributed by atoms with Gasteiger partial charge in [0, 0.05) is 32.8 Å². The van der Waals surface area contributed by atoms with Crippen LogP contribution in [-0.4, -0.2) is 54.9 Å². The monoisotopic (exact) mass is 278 g/mol. The van der Waals surface area contributed by atoms with Gasteiger partial charge in [-0.15, -0.1) is 0 Å². The minimum absolute atomic E-state index is 0.0295. The van der Waals surface area contributed by atoms with E-state index in [-0.39, 0.29) is 18.6 Å². The van der Waals surface area contributed by atoms with Crippen molar-refractivity contribution < 1.29 is 13.5 Å². The molecule has 0 spiro atoms. The molecule has 6 heteroatoms. The van der Waals surface area contributed by atoms with E-state index in [0.29, 0.717) is 13.1 Å². The SMILES string of the molecule is CCCCN(C)S(=O)(=O)N1CC(CO)CCC1C. The molecular formula is C12H26N2O3S. The van der Waals surface area contributed by atoms with Crippen molar-refractivity contribution in [3.8, 4) is 0 Å². The summed E-state index contributed by atoms with van der Waals surface area (Å²) >= 11 is 0. The summed E-state index contributed by atoms with van der Waals surface area (Å²) in [6.07, 6.45) is 3.59. The predicted octanol–water partition coefficient (Wildman–Crippen LogP) is 1.06. The van der Waals surface area contributed by atoms with Crippen molar-refractivity contribution in [3.63, 3.8) is 0 Å². The molecule has 1 aliphatic rings. The summed E-state index contributed by atoms with van der Waals surface area (Å²) in [5, 5.41) is 9.21. The van der Waals surface area contributed by atoms with Crippen molar-refractivity contribution in [2.24, 2.45) is 5.92 Å². The first-order valence-corrected chi connectivity index (χ1v) is 8.17. The second-order valence-electron chi connectivity index (χ2n) is 5.23. The summed E-state index contributed by atoms with van der Waals surface area (Å²) < 4.78 is 27.9. The Balaban J connectivity index is 2.75. The topological polar surface area (TPSA) is 60.9 Å². The minimum atomic E-state index is -3.37. The lowest BCUT2D eigenvalue weighted by Crippen LogP contribution is -2.51. The molecule has 1 rings (SSSR count).